The monoisotopic (exact) mass is 344 g/mol. The minimum absolute atomic E-state index is 0.0890. The van der Waals surface area contributed by atoms with Crippen LogP contribution in [0.2, 0.25) is 0 Å². The first-order valence-electron chi connectivity index (χ1n) is 9.05. The molecular weight excluding hydrogens is 312 g/mol. The Morgan fingerprint density at radius 1 is 0.792 bits per heavy atom. The molecule has 0 aromatic rings. The van der Waals surface area contributed by atoms with Gasteiger partial charge in [0.1, 0.15) is 0 Å². The number of aliphatic carboxylic acids is 2. The lowest BCUT2D eigenvalue weighted by Gasteiger charge is -2.35. The Bertz CT molecular complexity index is 332. The Hall–Kier alpha value is -1.14. The molecule has 0 fully saturated rings. The van der Waals surface area contributed by atoms with Gasteiger partial charge in [-0.05, 0) is 46.0 Å². The van der Waals surface area contributed by atoms with Crippen molar-refractivity contribution >= 4 is 11.9 Å². The molecule has 0 unspecified atom stereocenters. The van der Waals surface area contributed by atoms with Crippen LogP contribution in [0.4, 0.5) is 0 Å². The van der Waals surface area contributed by atoms with E-state index >= 15 is 0 Å². The van der Waals surface area contributed by atoms with Crippen LogP contribution in [0.5, 0.6) is 0 Å². The molecule has 6 heteroatoms. The minimum Gasteiger partial charge on any atom is -0.550 e. The van der Waals surface area contributed by atoms with E-state index < -0.39 is 17.4 Å². The van der Waals surface area contributed by atoms with Gasteiger partial charge in [0.25, 0.3) is 0 Å². The van der Waals surface area contributed by atoms with Crippen molar-refractivity contribution in [3.05, 3.63) is 0 Å². The average Bonchev–Trinajstić information content (AvgIpc) is 2.53. The maximum Gasteiger partial charge on any atom is 0.0477 e. The fourth-order valence-electron chi connectivity index (χ4n) is 2.77. The number of carbonyl (C=O) groups is 2. The van der Waals surface area contributed by atoms with Gasteiger partial charge in [0.15, 0.2) is 0 Å². The maximum atomic E-state index is 11.8. The lowest BCUT2D eigenvalue weighted by Crippen LogP contribution is -2.44. The zero-order chi connectivity index (χ0) is 18.3. The predicted octanol–water partition coefficient (Wildman–Crippen LogP) is 1.06. The van der Waals surface area contributed by atoms with E-state index in [4.69, 9.17) is 9.47 Å². The summed E-state index contributed by atoms with van der Waals surface area (Å²) in [5, 5.41) is 22.1. The highest BCUT2D eigenvalue weighted by Gasteiger charge is 2.30. The molecule has 0 saturated heterocycles. The summed E-state index contributed by atoms with van der Waals surface area (Å²) in [7, 11) is 0. The third kappa shape index (κ3) is 10.6. The topological polar surface area (TPSA) is 98.7 Å². The third-order valence-electron chi connectivity index (χ3n) is 4.33. The summed E-state index contributed by atoms with van der Waals surface area (Å²) in [4.78, 5) is 22.1. The molecule has 0 aromatic heterocycles. The van der Waals surface area contributed by atoms with Gasteiger partial charge in [-0.3, -0.25) is 0 Å². The average molecular weight is 344 g/mol. The van der Waals surface area contributed by atoms with Gasteiger partial charge < -0.3 is 29.3 Å². The molecule has 6 nitrogen and oxygen atoms in total. The largest absolute Gasteiger partial charge is 0.550 e. The fourth-order valence-corrected chi connectivity index (χ4v) is 2.77. The Kier molecular flexibility index (Phi) is 13.5. The third-order valence-corrected chi connectivity index (χ3v) is 4.33. The molecule has 0 radical (unpaired) electrons. The second-order valence-corrected chi connectivity index (χ2v) is 6.10. The number of carboxylic acids is 2. The van der Waals surface area contributed by atoms with Crippen molar-refractivity contribution in [1.82, 2.24) is 0 Å². The molecular formula is C18H32O6-2. The molecule has 0 aliphatic rings. The first kappa shape index (κ1) is 22.9. The standard InChI is InChI=1S/C18H34O6/c1-3-23-14-12-18(17(21)22,13-15-24-4-2)11-9-7-5-6-8-10-16(19)20/h3-15H2,1-2H3,(H,19,20)(H,21,22)/p-2. The number of ether oxygens (including phenoxy) is 2. The quantitative estimate of drug-likeness (QED) is 0.366. The van der Waals surface area contributed by atoms with Gasteiger partial charge in [-0.15, -0.1) is 0 Å². The highest BCUT2D eigenvalue weighted by Crippen LogP contribution is 2.33. The molecule has 0 aliphatic heterocycles. The van der Waals surface area contributed by atoms with Gasteiger partial charge in [-0.25, -0.2) is 0 Å². The second-order valence-electron chi connectivity index (χ2n) is 6.10. The number of hydrogen-bond acceptors (Lipinski definition) is 6. The van der Waals surface area contributed by atoms with Gasteiger partial charge in [0, 0.05) is 43.8 Å². The molecule has 0 heterocycles. The van der Waals surface area contributed by atoms with E-state index in [-0.39, 0.29) is 6.42 Å². The summed E-state index contributed by atoms with van der Waals surface area (Å²) in [5.41, 5.74) is -0.907. The number of unbranched alkanes of at least 4 members (excludes halogenated alkanes) is 4. The van der Waals surface area contributed by atoms with E-state index in [0.717, 1.165) is 25.7 Å². The predicted molar refractivity (Wildman–Crippen MR) is 87.0 cm³/mol. The molecule has 0 aromatic carbocycles. The van der Waals surface area contributed by atoms with Crippen LogP contribution in [-0.2, 0) is 19.1 Å². The number of rotatable bonds is 17. The van der Waals surface area contributed by atoms with Crippen molar-refractivity contribution in [1.29, 1.82) is 0 Å². The second kappa shape index (κ2) is 14.2. The molecule has 24 heavy (non-hydrogen) atoms. The van der Waals surface area contributed by atoms with Gasteiger partial charge in [-0.1, -0.05) is 25.7 Å². The summed E-state index contributed by atoms with van der Waals surface area (Å²) >= 11 is 0. The summed E-state index contributed by atoms with van der Waals surface area (Å²) in [6.45, 7) is 5.70. The van der Waals surface area contributed by atoms with Crippen LogP contribution in [-0.4, -0.2) is 38.4 Å². The molecule has 142 valence electrons. The van der Waals surface area contributed by atoms with Crippen molar-refractivity contribution in [2.24, 2.45) is 5.41 Å². The van der Waals surface area contributed by atoms with Gasteiger partial charge in [0.2, 0.25) is 0 Å². The van der Waals surface area contributed by atoms with Crippen LogP contribution in [0.15, 0.2) is 0 Å². The van der Waals surface area contributed by atoms with Gasteiger partial charge in [-0.2, -0.15) is 0 Å². The van der Waals surface area contributed by atoms with Gasteiger partial charge in [0.05, 0.1) is 0 Å². The molecule has 0 aliphatic carbocycles. The molecule has 0 amide bonds. The minimum atomic E-state index is -1.03. The molecule has 0 saturated carbocycles. The van der Waals surface area contributed by atoms with E-state index in [9.17, 15) is 19.8 Å². The van der Waals surface area contributed by atoms with Crippen LogP contribution in [0, 0.1) is 5.41 Å². The Labute approximate surface area is 145 Å². The number of hydrogen-bond donors (Lipinski definition) is 0. The van der Waals surface area contributed by atoms with Crippen LogP contribution in [0.1, 0.15) is 71.6 Å². The van der Waals surface area contributed by atoms with E-state index in [1.807, 2.05) is 13.8 Å². The van der Waals surface area contributed by atoms with E-state index in [1.54, 1.807) is 0 Å². The first-order chi connectivity index (χ1) is 11.5. The van der Waals surface area contributed by atoms with Crippen LogP contribution < -0.4 is 10.2 Å². The van der Waals surface area contributed by atoms with Crippen molar-refractivity contribution in [2.75, 3.05) is 26.4 Å². The Morgan fingerprint density at radius 3 is 1.75 bits per heavy atom. The summed E-state index contributed by atoms with van der Waals surface area (Å²) < 4.78 is 10.7. The highest BCUT2D eigenvalue weighted by atomic mass is 16.5. The van der Waals surface area contributed by atoms with Crippen molar-refractivity contribution < 1.29 is 29.3 Å². The first-order valence-corrected chi connectivity index (χ1v) is 9.05. The molecule has 0 bridgehead atoms. The summed E-state index contributed by atoms with van der Waals surface area (Å²) in [6, 6.07) is 0. The van der Waals surface area contributed by atoms with Crippen LogP contribution in [0.3, 0.4) is 0 Å². The summed E-state index contributed by atoms with van der Waals surface area (Å²) in [6.07, 6.45) is 5.48. The molecule has 0 N–H and O–H groups in total. The smallest absolute Gasteiger partial charge is 0.0477 e. The van der Waals surface area contributed by atoms with Crippen molar-refractivity contribution in [3.8, 4) is 0 Å². The van der Waals surface area contributed by atoms with E-state index in [1.165, 1.54) is 0 Å². The highest BCUT2D eigenvalue weighted by molar-refractivity contribution is 5.72. The summed E-state index contributed by atoms with van der Waals surface area (Å²) in [5.74, 6) is -2.04. The molecule has 0 rings (SSSR count). The lowest BCUT2D eigenvalue weighted by atomic mass is 9.77. The zero-order valence-electron chi connectivity index (χ0n) is 15.1. The van der Waals surface area contributed by atoms with Crippen LogP contribution in [0.25, 0.3) is 0 Å². The maximum absolute atomic E-state index is 11.8. The number of carboxylic acid groups (broad SMARTS) is 2. The Morgan fingerprint density at radius 2 is 1.29 bits per heavy atom. The van der Waals surface area contributed by atoms with Crippen molar-refractivity contribution in [2.45, 2.75) is 71.6 Å². The molecule has 0 atom stereocenters. The van der Waals surface area contributed by atoms with Gasteiger partial charge >= 0.3 is 0 Å². The normalized spacial score (nSPS) is 11.6. The zero-order valence-corrected chi connectivity index (χ0v) is 15.1. The Balaban J connectivity index is 4.33. The van der Waals surface area contributed by atoms with E-state index in [2.05, 4.69) is 0 Å². The SMILES string of the molecule is CCOCCC(CCCCCCCC(=O)[O-])(CCOCC)C(=O)[O-]. The van der Waals surface area contributed by atoms with E-state index in [0.29, 0.717) is 52.1 Å². The lowest BCUT2D eigenvalue weighted by molar-refractivity contribution is -0.321. The molecule has 0 spiro atoms. The van der Waals surface area contributed by atoms with Crippen molar-refractivity contribution in [3.63, 3.8) is 0 Å². The number of carbonyl (C=O) groups excluding carboxylic acids is 2. The van der Waals surface area contributed by atoms with Crippen LogP contribution >= 0.6 is 0 Å². The fraction of sp³-hybridized carbons (Fsp3) is 0.889.